The number of furan rings is 1. The number of aromatic nitrogens is 2. The molecule has 3 heterocycles. The molecular weight excluding hydrogens is 446 g/mol. The van der Waals surface area contributed by atoms with Gasteiger partial charge in [-0.2, -0.15) is 0 Å². The smallest absolute Gasteiger partial charge is 0.289 e. The highest BCUT2D eigenvalue weighted by atomic mass is 16.3. The van der Waals surface area contributed by atoms with Gasteiger partial charge in [0.2, 0.25) is 0 Å². The number of piperazine rings is 1. The van der Waals surface area contributed by atoms with Gasteiger partial charge in [0.15, 0.2) is 5.76 Å². The Hall–Kier alpha value is -4.66. The molecule has 0 radical (unpaired) electrons. The summed E-state index contributed by atoms with van der Waals surface area (Å²) in [6, 6.07) is 17.1. The molecule has 9 nitrogen and oxygen atoms in total. The van der Waals surface area contributed by atoms with Gasteiger partial charge in [0.05, 0.1) is 18.2 Å². The third kappa shape index (κ3) is 4.56. The molecule has 1 aliphatic rings. The van der Waals surface area contributed by atoms with E-state index < -0.39 is 0 Å². The molecule has 1 fully saturated rings. The van der Waals surface area contributed by atoms with Crippen LogP contribution >= 0.6 is 0 Å². The number of phenolic OH excluding ortho intramolecular Hbond substituents is 1. The lowest BCUT2D eigenvalue weighted by molar-refractivity contribution is 0.0518. The molecule has 0 atom stereocenters. The fourth-order valence-electron chi connectivity index (χ4n) is 4.00. The fourth-order valence-corrected chi connectivity index (χ4v) is 4.00. The van der Waals surface area contributed by atoms with Gasteiger partial charge in [-0.15, -0.1) is 0 Å². The molecule has 35 heavy (non-hydrogen) atoms. The van der Waals surface area contributed by atoms with Gasteiger partial charge in [0.25, 0.3) is 11.8 Å². The molecule has 0 spiro atoms. The number of nitrogens with zero attached hydrogens (tertiary/aromatic N) is 4. The molecule has 2 aromatic heterocycles. The van der Waals surface area contributed by atoms with Gasteiger partial charge in [0, 0.05) is 42.9 Å². The summed E-state index contributed by atoms with van der Waals surface area (Å²) in [6.45, 7) is 1.80. The predicted molar refractivity (Wildman–Crippen MR) is 129 cm³/mol. The van der Waals surface area contributed by atoms with Crippen LogP contribution in [0, 0.1) is 0 Å². The van der Waals surface area contributed by atoms with Gasteiger partial charge in [-0.3, -0.25) is 9.59 Å². The van der Waals surface area contributed by atoms with E-state index in [-0.39, 0.29) is 23.4 Å². The lowest BCUT2D eigenvalue weighted by atomic mass is 10.1. The Morgan fingerprint density at radius 1 is 0.857 bits per heavy atom. The van der Waals surface area contributed by atoms with Crippen molar-refractivity contribution in [3.05, 3.63) is 84.4 Å². The second-order valence-corrected chi connectivity index (χ2v) is 8.18. The number of anilines is 1. The number of aromatic hydroxyl groups is 1. The number of phenols is 1. The third-order valence-electron chi connectivity index (χ3n) is 5.96. The van der Waals surface area contributed by atoms with Crippen LogP contribution < -0.4 is 5.73 Å². The maximum Gasteiger partial charge on any atom is 0.289 e. The predicted octanol–water partition coefficient (Wildman–Crippen LogP) is 3.29. The standard InChI is InChI=1S/C26H23N5O4/c27-24-23(18-7-9-20(32)10-8-18)29-21(16-28-24)17-3-5-19(6-4-17)25(33)30-11-13-31(14-12-30)26(34)22-2-1-15-35-22/h1-10,15-16,32H,11-14H2,(H2,27,28). The van der Waals surface area contributed by atoms with Crippen molar-refractivity contribution in [1.82, 2.24) is 19.8 Å². The van der Waals surface area contributed by atoms with Crippen LogP contribution in [-0.2, 0) is 0 Å². The molecule has 3 N–H and O–H groups in total. The van der Waals surface area contributed by atoms with Crippen LogP contribution in [0.25, 0.3) is 22.5 Å². The zero-order chi connectivity index (χ0) is 24.4. The van der Waals surface area contributed by atoms with Gasteiger partial charge in [-0.25, -0.2) is 9.97 Å². The lowest BCUT2D eigenvalue weighted by Crippen LogP contribution is -2.50. The number of hydrogen-bond donors (Lipinski definition) is 2. The SMILES string of the molecule is Nc1ncc(-c2ccc(C(=O)N3CCN(C(=O)c4ccco4)CC3)cc2)nc1-c1ccc(O)cc1. The number of amides is 2. The highest BCUT2D eigenvalue weighted by molar-refractivity contribution is 5.95. The molecule has 4 aromatic rings. The van der Waals surface area contributed by atoms with E-state index in [2.05, 4.69) is 9.97 Å². The summed E-state index contributed by atoms with van der Waals surface area (Å²) in [7, 11) is 0. The Bertz CT molecular complexity index is 1340. The molecule has 9 heteroatoms. The van der Waals surface area contributed by atoms with E-state index in [1.807, 2.05) is 12.1 Å². The maximum atomic E-state index is 13.0. The molecule has 0 bridgehead atoms. The largest absolute Gasteiger partial charge is 0.508 e. The summed E-state index contributed by atoms with van der Waals surface area (Å²) in [5, 5.41) is 9.53. The van der Waals surface area contributed by atoms with Crippen LogP contribution in [-0.4, -0.2) is 62.9 Å². The number of nitrogens with two attached hydrogens (primary N) is 1. The van der Waals surface area contributed by atoms with Crippen molar-refractivity contribution in [3.8, 4) is 28.3 Å². The lowest BCUT2D eigenvalue weighted by Gasteiger charge is -2.34. The Labute approximate surface area is 201 Å². The van der Waals surface area contributed by atoms with Gasteiger partial charge in [-0.05, 0) is 48.5 Å². The van der Waals surface area contributed by atoms with Crippen molar-refractivity contribution >= 4 is 17.6 Å². The van der Waals surface area contributed by atoms with Gasteiger partial charge >= 0.3 is 0 Å². The number of nitrogen functional groups attached to an aromatic ring is 1. The van der Waals surface area contributed by atoms with Crippen molar-refractivity contribution in [1.29, 1.82) is 0 Å². The Morgan fingerprint density at radius 2 is 1.49 bits per heavy atom. The number of carbonyl (C=O) groups is 2. The maximum absolute atomic E-state index is 13.0. The Balaban J connectivity index is 1.27. The second-order valence-electron chi connectivity index (χ2n) is 8.18. The van der Waals surface area contributed by atoms with Gasteiger partial charge in [-0.1, -0.05) is 12.1 Å². The number of hydrogen-bond acceptors (Lipinski definition) is 7. The highest BCUT2D eigenvalue weighted by Gasteiger charge is 2.26. The summed E-state index contributed by atoms with van der Waals surface area (Å²) in [5.74, 6) is 0.496. The van der Waals surface area contributed by atoms with E-state index in [9.17, 15) is 14.7 Å². The number of benzene rings is 2. The molecule has 176 valence electrons. The van der Waals surface area contributed by atoms with Gasteiger partial charge < -0.3 is 25.1 Å². The van der Waals surface area contributed by atoms with Crippen molar-refractivity contribution in [2.45, 2.75) is 0 Å². The second kappa shape index (κ2) is 9.30. The van der Waals surface area contributed by atoms with E-state index in [0.29, 0.717) is 48.9 Å². The monoisotopic (exact) mass is 469 g/mol. The summed E-state index contributed by atoms with van der Waals surface area (Å²) in [4.78, 5) is 37.8. The first-order chi connectivity index (χ1) is 17.0. The molecule has 5 rings (SSSR count). The normalized spacial score (nSPS) is 13.6. The minimum Gasteiger partial charge on any atom is -0.508 e. The molecule has 1 aliphatic heterocycles. The third-order valence-corrected chi connectivity index (χ3v) is 5.96. The Morgan fingerprint density at radius 3 is 2.11 bits per heavy atom. The van der Waals surface area contributed by atoms with E-state index in [1.165, 1.54) is 6.26 Å². The highest BCUT2D eigenvalue weighted by Crippen LogP contribution is 2.27. The molecule has 0 unspecified atom stereocenters. The molecule has 2 aromatic carbocycles. The molecule has 0 aliphatic carbocycles. The Kier molecular flexibility index (Phi) is 5.88. The van der Waals surface area contributed by atoms with Crippen LogP contribution in [0.3, 0.4) is 0 Å². The van der Waals surface area contributed by atoms with Crippen molar-refractivity contribution in [3.63, 3.8) is 0 Å². The average molecular weight is 470 g/mol. The van der Waals surface area contributed by atoms with Crippen LogP contribution in [0.4, 0.5) is 5.82 Å². The summed E-state index contributed by atoms with van der Waals surface area (Å²) in [5.41, 5.74) is 9.25. The zero-order valence-electron chi connectivity index (χ0n) is 18.8. The molecule has 1 saturated heterocycles. The zero-order valence-corrected chi connectivity index (χ0v) is 18.8. The first-order valence-electron chi connectivity index (χ1n) is 11.1. The van der Waals surface area contributed by atoms with Crippen LogP contribution in [0.2, 0.25) is 0 Å². The quantitative estimate of drug-likeness (QED) is 0.470. The van der Waals surface area contributed by atoms with Crippen molar-refractivity contribution in [2.75, 3.05) is 31.9 Å². The van der Waals surface area contributed by atoms with E-state index in [0.717, 1.165) is 11.1 Å². The number of carbonyl (C=O) groups excluding carboxylic acids is 2. The van der Waals surface area contributed by atoms with Crippen molar-refractivity contribution in [2.24, 2.45) is 0 Å². The fraction of sp³-hybridized carbons (Fsp3) is 0.154. The summed E-state index contributed by atoms with van der Waals surface area (Å²) < 4.78 is 5.19. The summed E-state index contributed by atoms with van der Waals surface area (Å²) in [6.07, 6.45) is 3.06. The first-order valence-corrected chi connectivity index (χ1v) is 11.1. The minimum absolute atomic E-state index is 0.0881. The molecule has 0 saturated carbocycles. The van der Waals surface area contributed by atoms with Crippen LogP contribution in [0.15, 0.2) is 77.5 Å². The topological polar surface area (TPSA) is 126 Å². The average Bonchev–Trinajstić information content (AvgIpc) is 3.44. The van der Waals surface area contributed by atoms with E-state index >= 15 is 0 Å². The minimum atomic E-state index is -0.164. The van der Waals surface area contributed by atoms with E-state index in [1.54, 1.807) is 64.5 Å². The first kappa shape index (κ1) is 22.1. The molecular formula is C26H23N5O4. The van der Waals surface area contributed by atoms with Gasteiger partial charge in [0.1, 0.15) is 17.3 Å². The van der Waals surface area contributed by atoms with Crippen molar-refractivity contribution < 1.29 is 19.1 Å². The molecule has 2 amide bonds. The van der Waals surface area contributed by atoms with Crippen LogP contribution in [0.5, 0.6) is 5.75 Å². The van der Waals surface area contributed by atoms with E-state index in [4.69, 9.17) is 10.2 Å². The van der Waals surface area contributed by atoms with Crippen LogP contribution in [0.1, 0.15) is 20.9 Å². The summed E-state index contributed by atoms with van der Waals surface area (Å²) >= 11 is 0. The number of rotatable bonds is 4.